The van der Waals surface area contributed by atoms with Gasteiger partial charge in [0.1, 0.15) is 0 Å². The first kappa shape index (κ1) is 17.3. The van der Waals surface area contributed by atoms with Gasteiger partial charge in [-0.05, 0) is 43.2 Å². The Bertz CT molecular complexity index is 596. The first-order chi connectivity index (χ1) is 10.2. The summed E-state index contributed by atoms with van der Waals surface area (Å²) in [6.45, 7) is 1.85. The summed E-state index contributed by atoms with van der Waals surface area (Å²) >= 11 is 0. The van der Waals surface area contributed by atoms with E-state index in [2.05, 4.69) is 21.6 Å². The Labute approximate surface area is 130 Å². The molecule has 1 saturated carbocycles. The molecule has 2 rings (SSSR count). The molecule has 0 saturated heterocycles. The fourth-order valence-corrected chi connectivity index (χ4v) is 3.34. The maximum absolute atomic E-state index is 10.8. The lowest BCUT2D eigenvalue weighted by molar-refractivity contribution is 0.153. The fraction of sp³-hybridized carbons (Fsp3) is 0.533. The minimum Gasteiger partial charge on any atom is -0.323 e. The van der Waals surface area contributed by atoms with Crippen molar-refractivity contribution in [3.63, 3.8) is 0 Å². The standard InChI is InChI=1S/C15H23N2O4P/c1-11(17-2)12-3-5-13(6-4-12)14-7-8-15(16,9-14)10-21-22(18,19)20/h3-6,14H,7-10,16H2,1-2H3,(H2,18,19,20)/t14-,15-/m1/s1. The molecular formula is C15H23N2O4P. The van der Waals surface area contributed by atoms with E-state index in [9.17, 15) is 4.57 Å². The Morgan fingerprint density at radius 3 is 2.64 bits per heavy atom. The molecule has 6 nitrogen and oxygen atoms in total. The summed E-state index contributed by atoms with van der Waals surface area (Å²) in [6.07, 6.45) is 2.24. The number of nitrogens with two attached hydrogens (primary N) is 1. The van der Waals surface area contributed by atoms with Gasteiger partial charge in [-0.3, -0.25) is 9.52 Å². The molecule has 1 aromatic rings. The van der Waals surface area contributed by atoms with E-state index in [-0.39, 0.29) is 6.61 Å². The second kappa shape index (κ2) is 6.60. The highest BCUT2D eigenvalue weighted by Crippen LogP contribution is 2.43. The monoisotopic (exact) mass is 326 g/mol. The van der Waals surface area contributed by atoms with Gasteiger partial charge < -0.3 is 15.5 Å². The molecule has 1 aliphatic carbocycles. The Balaban J connectivity index is 2.02. The van der Waals surface area contributed by atoms with E-state index in [4.69, 9.17) is 15.5 Å². The highest BCUT2D eigenvalue weighted by atomic mass is 31.2. The molecule has 1 aliphatic rings. The number of benzene rings is 1. The highest BCUT2D eigenvalue weighted by molar-refractivity contribution is 7.46. The Hall–Kier alpha value is -1.04. The van der Waals surface area contributed by atoms with Gasteiger partial charge in [0.05, 0.1) is 6.61 Å². The molecule has 1 fully saturated rings. The first-order valence-corrected chi connectivity index (χ1v) is 8.78. The number of phosphoric ester groups is 1. The molecule has 4 N–H and O–H groups in total. The molecular weight excluding hydrogens is 303 g/mol. The van der Waals surface area contributed by atoms with Crippen LogP contribution < -0.4 is 5.73 Å². The molecule has 0 aromatic heterocycles. The number of rotatable bonds is 5. The first-order valence-electron chi connectivity index (χ1n) is 7.25. The summed E-state index contributed by atoms with van der Waals surface area (Å²) in [4.78, 5) is 21.8. The van der Waals surface area contributed by atoms with Crippen molar-refractivity contribution in [1.82, 2.24) is 0 Å². The molecule has 0 amide bonds. The number of aliphatic imine (C=N–C) groups is 1. The minimum atomic E-state index is -4.47. The van der Waals surface area contributed by atoms with Gasteiger partial charge in [0.2, 0.25) is 0 Å². The third-order valence-electron chi connectivity index (χ3n) is 4.30. The second-order valence-corrected chi connectivity index (χ2v) is 7.24. The van der Waals surface area contributed by atoms with Crippen molar-refractivity contribution >= 4 is 13.5 Å². The lowest BCUT2D eigenvalue weighted by Crippen LogP contribution is -2.41. The quantitative estimate of drug-likeness (QED) is 0.568. The van der Waals surface area contributed by atoms with Crippen LogP contribution in [0.1, 0.15) is 43.2 Å². The average molecular weight is 326 g/mol. The summed E-state index contributed by atoms with van der Waals surface area (Å²) in [5, 5.41) is 0. The summed E-state index contributed by atoms with van der Waals surface area (Å²) in [7, 11) is -2.70. The summed E-state index contributed by atoms with van der Waals surface area (Å²) in [5.41, 5.74) is 8.80. The Morgan fingerprint density at radius 1 is 1.45 bits per heavy atom. The van der Waals surface area contributed by atoms with Crippen molar-refractivity contribution in [2.45, 2.75) is 37.6 Å². The van der Waals surface area contributed by atoms with Gasteiger partial charge in [0.15, 0.2) is 0 Å². The molecule has 22 heavy (non-hydrogen) atoms. The van der Waals surface area contributed by atoms with Gasteiger partial charge in [-0.2, -0.15) is 0 Å². The van der Waals surface area contributed by atoms with E-state index in [1.54, 1.807) is 7.05 Å². The molecule has 0 aliphatic heterocycles. The van der Waals surface area contributed by atoms with Crippen molar-refractivity contribution in [2.75, 3.05) is 13.7 Å². The lowest BCUT2D eigenvalue weighted by Gasteiger charge is -2.24. The molecule has 0 heterocycles. The van der Waals surface area contributed by atoms with Crippen LogP contribution in [0.4, 0.5) is 0 Å². The average Bonchev–Trinajstić information content (AvgIpc) is 2.87. The van der Waals surface area contributed by atoms with Gasteiger partial charge in [0.25, 0.3) is 0 Å². The predicted molar refractivity (Wildman–Crippen MR) is 86.1 cm³/mol. The van der Waals surface area contributed by atoms with Crippen molar-refractivity contribution in [3.05, 3.63) is 35.4 Å². The van der Waals surface area contributed by atoms with Crippen LogP contribution in [0.25, 0.3) is 0 Å². The van der Waals surface area contributed by atoms with Crippen molar-refractivity contribution < 1.29 is 18.9 Å². The lowest BCUT2D eigenvalue weighted by atomic mass is 9.93. The SMILES string of the molecule is CN=C(C)c1ccc([C@@H]2CC[C@](N)(COP(=O)(O)O)C2)cc1. The van der Waals surface area contributed by atoms with E-state index in [0.717, 1.165) is 17.7 Å². The third-order valence-corrected chi connectivity index (χ3v) is 4.76. The van der Waals surface area contributed by atoms with Crippen LogP contribution in [0.5, 0.6) is 0 Å². The van der Waals surface area contributed by atoms with Crippen LogP contribution in [-0.2, 0) is 9.09 Å². The summed E-state index contributed by atoms with van der Waals surface area (Å²) < 4.78 is 15.4. The smallest absolute Gasteiger partial charge is 0.323 e. The van der Waals surface area contributed by atoms with Gasteiger partial charge in [-0.15, -0.1) is 0 Å². The summed E-state index contributed by atoms with van der Waals surface area (Å²) in [6, 6.07) is 8.23. The molecule has 1 aromatic carbocycles. The van der Waals surface area contributed by atoms with Gasteiger partial charge in [-0.25, -0.2) is 4.57 Å². The Kier molecular flexibility index (Phi) is 5.20. The van der Waals surface area contributed by atoms with E-state index in [1.165, 1.54) is 5.56 Å². The fourth-order valence-electron chi connectivity index (χ4n) is 2.91. The van der Waals surface area contributed by atoms with Crippen LogP contribution in [-0.4, -0.2) is 34.7 Å². The molecule has 0 bridgehead atoms. The van der Waals surface area contributed by atoms with Crippen LogP contribution in [0.2, 0.25) is 0 Å². The third kappa shape index (κ3) is 4.48. The summed E-state index contributed by atoms with van der Waals surface area (Å²) in [5.74, 6) is 0.290. The second-order valence-electron chi connectivity index (χ2n) is 6.00. The zero-order valence-electron chi connectivity index (χ0n) is 12.9. The molecule has 7 heteroatoms. The molecule has 122 valence electrons. The van der Waals surface area contributed by atoms with Crippen molar-refractivity contribution in [3.8, 4) is 0 Å². The molecule has 2 atom stereocenters. The topological polar surface area (TPSA) is 105 Å². The van der Waals surface area contributed by atoms with Crippen LogP contribution in [0.15, 0.2) is 29.3 Å². The largest absolute Gasteiger partial charge is 0.469 e. The van der Waals surface area contributed by atoms with Crippen LogP contribution in [0.3, 0.4) is 0 Å². The maximum atomic E-state index is 10.8. The van der Waals surface area contributed by atoms with E-state index >= 15 is 0 Å². The van der Waals surface area contributed by atoms with Crippen molar-refractivity contribution in [1.29, 1.82) is 0 Å². The van der Waals surface area contributed by atoms with Gasteiger partial charge >= 0.3 is 7.82 Å². The molecule has 0 spiro atoms. The number of hydrogen-bond donors (Lipinski definition) is 3. The zero-order valence-corrected chi connectivity index (χ0v) is 13.8. The van der Waals surface area contributed by atoms with Crippen LogP contribution >= 0.6 is 7.82 Å². The van der Waals surface area contributed by atoms with Gasteiger partial charge in [0, 0.05) is 18.3 Å². The van der Waals surface area contributed by atoms with E-state index < -0.39 is 13.4 Å². The van der Waals surface area contributed by atoms with E-state index in [0.29, 0.717) is 18.8 Å². The number of phosphoric acid groups is 1. The van der Waals surface area contributed by atoms with Gasteiger partial charge in [-0.1, -0.05) is 24.3 Å². The maximum Gasteiger partial charge on any atom is 0.469 e. The molecule has 0 radical (unpaired) electrons. The predicted octanol–water partition coefficient (Wildman–Crippen LogP) is 2.20. The van der Waals surface area contributed by atoms with Crippen molar-refractivity contribution in [2.24, 2.45) is 10.7 Å². The molecule has 0 unspecified atom stereocenters. The highest BCUT2D eigenvalue weighted by Gasteiger charge is 2.38. The van der Waals surface area contributed by atoms with E-state index in [1.807, 2.05) is 19.1 Å². The zero-order chi connectivity index (χ0) is 16.4. The normalized spacial score (nSPS) is 26.4. The minimum absolute atomic E-state index is 0.118. The number of nitrogens with zero attached hydrogens (tertiary/aromatic N) is 1. The van der Waals surface area contributed by atoms with Crippen LogP contribution in [0, 0.1) is 0 Å². The Morgan fingerprint density at radius 2 is 2.09 bits per heavy atom. The number of hydrogen-bond acceptors (Lipinski definition) is 4.